The van der Waals surface area contributed by atoms with Crippen molar-refractivity contribution in [3.05, 3.63) is 34.9 Å². The van der Waals surface area contributed by atoms with Gasteiger partial charge in [-0.2, -0.15) is 0 Å². The minimum atomic E-state index is -3.44. The van der Waals surface area contributed by atoms with Crippen LogP contribution < -0.4 is 11.1 Å². The topological polar surface area (TPSA) is 98.5 Å². The second-order valence-electron chi connectivity index (χ2n) is 7.15. The van der Waals surface area contributed by atoms with Gasteiger partial charge in [-0.15, -0.1) is 0 Å². The Bertz CT molecular complexity index is 745. The standard InChI is InChI=1S/C16H23ClN2O4S/c1-15(2,3)23-14(20)19-16(9-18)12(13(16)24(4,21)22)10-6-5-7-11(17)8-10/h5-8,12-13H,9,18H2,1-4H3,(H,19,20)/t12-,13-,16+/m0/s1. The van der Waals surface area contributed by atoms with Gasteiger partial charge < -0.3 is 15.8 Å². The van der Waals surface area contributed by atoms with Gasteiger partial charge in [0.05, 0.1) is 10.8 Å². The zero-order chi connectivity index (χ0) is 18.3. The van der Waals surface area contributed by atoms with E-state index in [-0.39, 0.29) is 6.54 Å². The molecule has 0 saturated heterocycles. The number of alkyl carbamates (subject to hydrolysis) is 1. The summed E-state index contributed by atoms with van der Waals surface area (Å²) in [4.78, 5) is 12.2. The highest BCUT2D eigenvalue weighted by Crippen LogP contribution is 2.55. The zero-order valence-electron chi connectivity index (χ0n) is 14.2. The van der Waals surface area contributed by atoms with Crippen molar-refractivity contribution in [3.8, 4) is 0 Å². The SMILES string of the molecule is CC(C)(C)OC(=O)N[C@]1(CN)[C@@H](c2cccc(Cl)c2)[C@@H]1S(C)(=O)=O. The summed E-state index contributed by atoms with van der Waals surface area (Å²) in [6.45, 7) is 5.17. The molecule has 0 bridgehead atoms. The van der Waals surface area contributed by atoms with Gasteiger partial charge >= 0.3 is 6.09 Å². The molecule has 6 nitrogen and oxygen atoms in total. The summed E-state index contributed by atoms with van der Waals surface area (Å²) in [6.07, 6.45) is 0.453. The molecule has 0 heterocycles. The predicted octanol–water partition coefficient (Wildman–Crippen LogP) is 2.07. The van der Waals surface area contributed by atoms with E-state index in [1.807, 2.05) is 0 Å². The van der Waals surface area contributed by atoms with Crippen LogP contribution in [0.1, 0.15) is 32.3 Å². The lowest BCUT2D eigenvalue weighted by molar-refractivity contribution is 0.0497. The third kappa shape index (κ3) is 3.84. The number of nitrogens with two attached hydrogens (primary N) is 1. The van der Waals surface area contributed by atoms with Crippen LogP contribution in [0.4, 0.5) is 4.79 Å². The lowest BCUT2D eigenvalue weighted by Crippen LogP contribution is -2.48. The minimum absolute atomic E-state index is 0.0266. The Kier molecular flexibility index (Phi) is 4.92. The Morgan fingerprint density at radius 2 is 2.04 bits per heavy atom. The van der Waals surface area contributed by atoms with Crippen molar-refractivity contribution in [2.24, 2.45) is 5.73 Å². The highest BCUT2D eigenvalue weighted by Gasteiger charge is 2.70. The zero-order valence-corrected chi connectivity index (χ0v) is 15.7. The van der Waals surface area contributed by atoms with E-state index in [2.05, 4.69) is 5.32 Å². The quantitative estimate of drug-likeness (QED) is 0.840. The monoisotopic (exact) mass is 374 g/mol. The van der Waals surface area contributed by atoms with Gasteiger partial charge in [-0.3, -0.25) is 0 Å². The molecule has 0 spiro atoms. The van der Waals surface area contributed by atoms with Gasteiger partial charge in [0.25, 0.3) is 0 Å². The van der Waals surface area contributed by atoms with Crippen LogP contribution >= 0.6 is 11.6 Å². The Morgan fingerprint density at radius 3 is 2.50 bits per heavy atom. The van der Waals surface area contributed by atoms with Crippen molar-refractivity contribution in [2.45, 2.75) is 43.1 Å². The van der Waals surface area contributed by atoms with Gasteiger partial charge in [-0.1, -0.05) is 23.7 Å². The number of carbonyl (C=O) groups is 1. The average Bonchev–Trinajstić information content (AvgIpc) is 3.05. The molecule has 2 rings (SSSR count). The second kappa shape index (κ2) is 6.20. The van der Waals surface area contributed by atoms with Gasteiger partial charge in [-0.05, 0) is 38.5 Å². The Morgan fingerprint density at radius 1 is 1.42 bits per heavy atom. The molecule has 1 saturated carbocycles. The number of carbonyl (C=O) groups excluding carboxylic acids is 1. The third-order valence-corrected chi connectivity index (χ3v) is 5.85. The maximum Gasteiger partial charge on any atom is 0.408 e. The number of benzene rings is 1. The van der Waals surface area contributed by atoms with Gasteiger partial charge in [0.1, 0.15) is 5.60 Å². The molecule has 1 amide bonds. The van der Waals surface area contributed by atoms with Crippen molar-refractivity contribution in [3.63, 3.8) is 0 Å². The predicted molar refractivity (Wildman–Crippen MR) is 94.0 cm³/mol. The van der Waals surface area contributed by atoms with Crippen molar-refractivity contribution < 1.29 is 17.9 Å². The van der Waals surface area contributed by atoms with Crippen molar-refractivity contribution in [1.82, 2.24) is 5.32 Å². The third-order valence-electron chi connectivity index (χ3n) is 4.00. The number of ether oxygens (including phenoxy) is 1. The summed E-state index contributed by atoms with van der Waals surface area (Å²) in [5, 5.41) is 2.37. The number of hydrogen-bond acceptors (Lipinski definition) is 5. The molecule has 1 aromatic rings. The van der Waals surface area contributed by atoms with Crippen molar-refractivity contribution >= 4 is 27.5 Å². The fourth-order valence-electron chi connectivity index (χ4n) is 3.14. The lowest BCUT2D eigenvalue weighted by atomic mass is 10.1. The van der Waals surface area contributed by atoms with Gasteiger partial charge in [0, 0.05) is 23.7 Å². The minimum Gasteiger partial charge on any atom is -0.444 e. The van der Waals surface area contributed by atoms with E-state index in [0.29, 0.717) is 5.02 Å². The Balaban J connectivity index is 2.37. The summed E-state index contributed by atoms with van der Waals surface area (Å²) < 4.78 is 29.7. The molecule has 3 atom stereocenters. The molecule has 3 N–H and O–H groups in total. The van der Waals surface area contributed by atoms with Crippen LogP contribution in [0.25, 0.3) is 0 Å². The molecule has 134 valence electrons. The van der Waals surface area contributed by atoms with Crippen LogP contribution in [-0.2, 0) is 14.6 Å². The number of hydrogen-bond donors (Lipinski definition) is 2. The normalized spacial score (nSPS) is 26.8. The molecule has 1 fully saturated rings. The van der Waals surface area contributed by atoms with E-state index in [0.717, 1.165) is 11.8 Å². The van der Waals surface area contributed by atoms with Gasteiger partial charge in [0.2, 0.25) is 0 Å². The van der Waals surface area contributed by atoms with Crippen LogP contribution in [0.15, 0.2) is 24.3 Å². The summed E-state index contributed by atoms with van der Waals surface area (Å²) in [5.74, 6) is -0.469. The first-order valence-corrected chi connectivity index (χ1v) is 9.89. The summed E-state index contributed by atoms with van der Waals surface area (Å²) in [7, 11) is -3.44. The van der Waals surface area contributed by atoms with Crippen LogP contribution in [0.2, 0.25) is 5.02 Å². The first-order chi connectivity index (χ1) is 10.9. The van der Waals surface area contributed by atoms with Crippen molar-refractivity contribution in [2.75, 3.05) is 12.8 Å². The highest BCUT2D eigenvalue weighted by atomic mass is 35.5. The number of amides is 1. The van der Waals surface area contributed by atoms with E-state index in [1.165, 1.54) is 0 Å². The van der Waals surface area contributed by atoms with E-state index in [1.54, 1.807) is 45.0 Å². The van der Waals surface area contributed by atoms with Gasteiger partial charge in [-0.25, -0.2) is 13.2 Å². The fourth-order valence-corrected chi connectivity index (χ4v) is 5.22. The van der Waals surface area contributed by atoms with E-state index < -0.39 is 38.2 Å². The summed E-state index contributed by atoms with van der Waals surface area (Å²) in [5.41, 5.74) is 4.80. The first kappa shape index (κ1) is 19.0. The number of halogens is 1. The summed E-state index contributed by atoms with van der Waals surface area (Å²) in [6, 6.07) is 6.92. The molecule has 8 heteroatoms. The van der Waals surface area contributed by atoms with Crippen LogP contribution in [0.5, 0.6) is 0 Å². The molecule has 0 aliphatic heterocycles. The molecule has 0 radical (unpaired) electrons. The largest absolute Gasteiger partial charge is 0.444 e. The van der Waals surface area contributed by atoms with E-state index >= 15 is 0 Å². The maximum atomic E-state index is 12.2. The van der Waals surface area contributed by atoms with Gasteiger partial charge in [0.15, 0.2) is 9.84 Å². The maximum absolute atomic E-state index is 12.2. The second-order valence-corrected chi connectivity index (χ2v) is 9.76. The Hall–Kier alpha value is -1.31. The highest BCUT2D eigenvalue weighted by molar-refractivity contribution is 7.91. The smallest absolute Gasteiger partial charge is 0.408 e. The molecule has 1 aliphatic rings. The Labute approximate surface area is 147 Å². The molecular formula is C16H23ClN2O4S. The molecule has 24 heavy (non-hydrogen) atoms. The summed E-state index contributed by atoms with van der Waals surface area (Å²) >= 11 is 6.02. The first-order valence-electron chi connectivity index (χ1n) is 7.56. The van der Waals surface area contributed by atoms with E-state index in [9.17, 15) is 13.2 Å². The number of rotatable bonds is 4. The number of nitrogens with one attached hydrogen (secondary N) is 1. The average molecular weight is 375 g/mol. The molecular weight excluding hydrogens is 352 g/mol. The fraction of sp³-hybridized carbons (Fsp3) is 0.562. The van der Waals surface area contributed by atoms with Crippen LogP contribution in [0.3, 0.4) is 0 Å². The molecule has 0 unspecified atom stereocenters. The molecule has 1 aromatic carbocycles. The number of sulfone groups is 1. The van der Waals surface area contributed by atoms with Crippen molar-refractivity contribution in [1.29, 1.82) is 0 Å². The van der Waals surface area contributed by atoms with E-state index in [4.69, 9.17) is 22.1 Å². The molecule has 1 aliphatic carbocycles. The van der Waals surface area contributed by atoms with Crippen LogP contribution in [-0.4, -0.2) is 43.7 Å². The van der Waals surface area contributed by atoms with Crippen LogP contribution in [0, 0.1) is 0 Å². The molecule has 0 aromatic heterocycles. The lowest BCUT2D eigenvalue weighted by Gasteiger charge is -2.24.